The van der Waals surface area contributed by atoms with Crippen molar-refractivity contribution in [3.63, 3.8) is 0 Å². The largest absolute Gasteiger partial charge is 0.465 e. The molecule has 0 spiro atoms. The number of hydrogen-bond acceptors (Lipinski definition) is 5. The Morgan fingerprint density at radius 3 is 2.71 bits per heavy atom. The number of nitrogens with zero attached hydrogens (tertiary/aromatic N) is 1. The minimum absolute atomic E-state index is 0.330. The Balaban J connectivity index is 1.57. The first-order valence-corrected chi connectivity index (χ1v) is 9.02. The molecule has 0 saturated carbocycles. The van der Waals surface area contributed by atoms with Crippen LogP contribution in [0.4, 0.5) is 0 Å². The van der Waals surface area contributed by atoms with E-state index in [9.17, 15) is 9.59 Å². The zero-order valence-electron chi connectivity index (χ0n) is 14.5. The van der Waals surface area contributed by atoms with Crippen LogP contribution in [0.3, 0.4) is 0 Å². The van der Waals surface area contributed by atoms with E-state index >= 15 is 0 Å². The van der Waals surface area contributed by atoms with Crippen LogP contribution < -0.4 is 10.2 Å². The van der Waals surface area contributed by atoms with E-state index in [2.05, 4.69) is 26.5 Å². The number of halogens is 1. The molecule has 3 rings (SSSR count). The number of nitrogens with one attached hydrogen (secondary N) is 1. The van der Waals surface area contributed by atoms with Gasteiger partial charge in [-0.3, -0.25) is 4.79 Å². The number of amides is 1. The van der Waals surface area contributed by atoms with Crippen molar-refractivity contribution in [2.45, 2.75) is 0 Å². The number of rotatable bonds is 6. The monoisotopic (exact) mass is 438 g/mol. The third-order valence-electron chi connectivity index (χ3n) is 3.47. The highest BCUT2D eigenvalue weighted by molar-refractivity contribution is 9.10. The molecule has 0 saturated heterocycles. The normalized spacial score (nSPS) is 11.0. The van der Waals surface area contributed by atoms with Gasteiger partial charge in [0.15, 0.2) is 0 Å². The third kappa shape index (κ3) is 5.78. The zero-order valence-corrected chi connectivity index (χ0v) is 16.1. The fraction of sp³-hybridized carbons (Fsp3) is 0. The standard InChI is InChI=1S/C21H15BrN2O4/c22-17-6-2-5-16(13-17)21(26)24-23-14-15-4-1-7-19(12-15)28-20(25)10-9-18-8-3-11-27-18/h1-14H,(H,24,26)/b10-9+,23-14-. The van der Waals surface area contributed by atoms with Crippen LogP contribution in [0.15, 0.2) is 87.0 Å². The van der Waals surface area contributed by atoms with Crippen molar-refractivity contribution >= 4 is 40.1 Å². The second-order valence-electron chi connectivity index (χ2n) is 5.55. The molecule has 0 aliphatic rings. The topological polar surface area (TPSA) is 80.9 Å². The van der Waals surface area contributed by atoms with Crippen molar-refractivity contribution in [2.75, 3.05) is 0 Å². The molecule has 1 amide bonds. The number of benzene rings is 2. The summed E-state index contributed by atoms with van der Waals surface area (Å²) in [6, 6.07) is 17.2. The number of hydrogen-bond donors (Lipinski definition) is 1. The Labute approximate surface area is 169 Å². The summed E-state index contributed by atoms with van der Waals surface area (Å²) in [5.41, 5.74) is 3.60. The van der Waals surface area contributed by atoms with Crippen molar-refractivity contribution in [3.05, 3.63) is 94.4 Å². The molecular weight excluding hydrogens is 424 g/mol. The van der Waals surface area contributed by atoms with E-state index in [1.807, 2.05) is 6.07 Å². The highest BCUT2D eigenvalue weighted by Crippen LogP contribution is 2.13. The van der Waals surface area contributed by atoms with E-state index in [1.165, 1.54) is 24.6 Å². The highest BCUT2D eigenvalue weighted by Gasteiger charge is 2.04. The summed E-state index contributed by atoms with van der Waals surface area (Å²) in [4.78, 5) is 23.9. The van der Waals surface area contributed by atoms with Crippen LogP contribution in [0, 0.1) is 0 Å². The fourth-order valence-electron chi connectivity index (χ4n) is 2.20. The van der Waals surface area contributed by atoms with Crippen molar-refractivity contribution in [2.24, 2.45) is 5.10 Å². The van der Waals surface area contributed by atoms with Crippen molar-refractivity contribution in [1.82, 2.24) is 5.43 Å². The molecule has 28 heavy (non-hydrogen) atoms. The lowest BCUT2D eigenvalue weighted by molar-refractivity contribution is -0.128. The Bertz CT molecular complexity index is 1030. The maximum atomic E-state index is 12.0. The molecule has 6 nitrogen and oxygen atoms in total. The van der Waals surface area contributed by atoms with Crippen LogP contribution in [0.25, 0.3) is 6.08 Å². The lowest BCUT2D eigenvalue weighted by Crippen LogP contribution is -2.17. The van der Waals surface area contributed by atoms with Crippen LogP contribution in [0.2, 0.25) is 0 Å². The summed E-state index contributed by atoms with van der Waals surface area (Å²) in [5.74, 6) is 0.0482. The van der Waals surface area contributed by atoms with E-state index in [1.54, 1.807) is 54.6 Å². The molecule has 7 heteroatoms. The first-order chi connectivity index (χ1) is 13.6. The van der Waals surface area contributed by atoms with Gasteiger partial charge in [-0.2, -0.15) is 5.10 Å². The molecule has 0 fully saturated rings. The summed E-state index contributed by atoms with van der Waals surface area (Å²) in [5, 5.41) is 3.93. The van der Waals surface area contributed by atoms with Gasteiger partial charge in [0, 0.05) is 16.1 Å². The van der Waals surface area contributed by atoms with Crippen molar-refractivity contribution in [1.29, 1.82) is 0 Å². The van der Waals surface area contributed by atoms with Gasteiger partial charge >= 0.3 is 5.97 Å². The van der Waals surface area contributed by atoms with Gasteiger partial charge in [0.25, 0.3) is 5.91 Å². The molecule has 1 heterocycles. The van der Waals surface area contributed by atoms with Gasteiger partial charge in [-0.1, -0.05) is 34.1 Å². The smallest absolute Gasteiger partial charge is 0.336 e. The fourth-order valence-corrected chi connectivity index (χ4v) is 2.60. The molecule has 2 aromatic carbocycles. The van der Waals surface area contributed by atoms with Crippen LogP contribution in [-0.2, 0) is 4.79 Å². The average Bonchev–Trinajstić information content (AvgIpc) is 3.20. The van der Waals surface area contributed by atoms with Gasteiger partial charge in [-0.25, -0.2) is 10.2 Å². The van der Waals surface area contributed by atoms with Gasteiger partial charge in [-0.15, -0.1) is 0 Å². The molecule has 1 aromatic heterocycles. The average molecular weight is 439 g/mol. The van der Waals surface area contributed by atoms with Crippen LogP contribution in [0.1, 0.15) is 21.7 Å². The van der Waals surface area contributed by atoms with Crippen molar-refractivity contribution in [3.8, 4) is 5.75 Å². The van der Waals surface area contributed by atoms with E-state index < -0.39 is 5.97 Å². The minimum atomic E-state index is -0.534. The zero-order chi connectivity index (χ0) is 19.8. The number of furan rings is 1. The number of ether oxygens (including phenoxy) is 1. The van der Waals surface area contributed by atoms with Gasteiger partial charge in [-0.05, 0) is 54.1 Å². The quantitative estimate of drug-likeness (QED) is 0.203. The number of carbonyl (C=O) groups is 2. The third-order valence-corrected chi connectivity index (χ3v) is 3.96. The van der Waals surface area contributed by atoms with Gasteiger partial charge in [0.05, 0.1) is 12.5 Å². The summed E-state index contributed by atoms with van der Waals surface area (Å²) in [7, 11) is 0. The predicted molar refractivity (Wildman–Crippen MR) is 109 cm³/mol. The predicted octanol–water partition coefficient (Wildman–Crippen LogP) is 4.42. The first-order valence-electron chi connectivity index (χ1n) is 8.22. The lowest BCUT2D eigenvalue weighted by Gasteiger charge is -2.03. The first kappa shape index (κ1) is 19.3. The van der Waals surface area contributed by atoms with Gasteiger partial charge < -0.3 is 9.15 Å². The summed E-state index contributed by atoms with van der Waals surface area (Å²) in [6.07, 6.45) is 5.78. The van der Waals surface area contributed by atoms with E-state index in [0.29, 0.717) is 22.6 Å². The Hall–Kier alpha value is -3.45. The molecule has 3 aromatic rings. The highest BCUT2D eigenvalue weighted by atomic mass is 79.9. The molecule has 0 aliphatic heterocycles. The number of esters is 1. The molecular formula is C21H15BrN2O4. The number of hydrazone groups is 1. The number of carbonyl (C=O) groups excluding carboxylic acids is 2. The minimum Gasteiger partial charge on any atom is -0.465 e. The van der Waals surface area contributed by atoms with Crippen LogP contribution >= 0.6 is 15.9 Å². The summed E-state index contributed by atoms with van der Waals surface area (Å²) in [6.45, 7) is 0. The summed E-state index contributed by atoms with van der Waals surface area (Å²) >= 11 is 3.32. The maximum Gasteiger partial charge on any atom is 0.336 e. The maximum absolute atomic E-state index is 12.0. The second-order valence-corrected chi connectivity index (χ2v) is 6.47. The van der Waals surface area contributed by atoms with E-state index in [4.69, 9.17) is 9.15 Å². The Kier molecular flexibility index (Phi) is 6.54. The van der Waals surface area contributed by atoms with Crippen LogP contribution in [-0.4, -0.2) is 18.1 Å². The van der Waals surface area contributed by atoms with E-state index in [-0.39, 0.29) is 5.91 Å². The molecule has 0 unspecified atom stereocenters. The Morgan fingerprint density at radius 2 is 1.93 bits per heavy atom. The SMILES string of the molecule is O=C(/C=C/c1ccco1)Oc1cccc(/C=N\NC(=O)c2cccc(Br)c2)c1. The molecule has 0 aliphatic carbocycles. The van der Waals surface area contributed by atoms with E-state index in [0.717, 1.165) is 4.47 Å². The second kappa shape index (κ2) is 9.48. The lowest BCUT2D eigenvalue weighted by atomic mass is 10.2. The molecule has 0 atom stereocenters. The molecule has 1 N–H and O–H groups in total. The van der Waals surface area contributed by atoms with Gasteiger partial charge in [0.1, 0.15) is 11.5 Å². The van der Waals surface area contributed by atoms with Crippen molar-refractivity contribution < 1.29 is 18.7 Å². The summed E-state index contributed by atoms with van der Waals surface area (Å²) < 4.78 is 11.2. The Morgan fingerprint density at radius 1 is 1.07 bits per heavy atom. The molecule has 140 valence electrons. The van der Waals surface area contributed by atoms with Gasteiger partial charge in [0.2, 0.25) is 0 Å². The molecule has 0 radical (unpaired) electrons. The molecule has 0 bridgehead atoms. The van der Waals surface area contributed by atoms with Crippen LogP contribution in [0.5, 0.6) is 5.75 Å².